The Bertz CT molecular complexity index is 687. The molecule has 0 bridgehead atoms. The molecule has 0 aliphatic carbocycles. The summed E-state index contributed by atoms with van der Waals surface area (Å²) in [4.78, 5) is 13.8. The van der Waals surface area contributed by atoms with Crippen molar-refractivity contribution in [3.63, 3.8) is 0 Å². The van der Waals surface area contributed by atoms with E-state index in [0.717, 1.165) is 0 Å². The molecule has 0 aromatic heterocycles. The van der Waals surface area contributed by atoms with Crippen molar-refractivity contribution < 1.29 is 22.7 Å². The first-order chi connectivity index (χ1) is 10.8. The van der Waals surface area contributed by atoms with E-state index in [-0.39, 0.29) is 35.7 Å². The van der Waals surface area contributed by atoms with Crippen LogP contribution in [0.1, 0.15) is 13.8 Å². The van der Waals surface area contributed by atoms with E-state index in [0.29, 0.717) is 12.3 Å². The minimum absolute atomic E-state index is 0.00477. The molecule has 23 heavy (non-hydrogen) atoms. The van der Waals surface area contributed by atoms with Crippen molar-refractivity contribution in [2.24, 2.45) is 0 Å². The van der Waals surface area contributed by atoms with Crippen LogP contribution in [-0.4, -0.2) is 63.4 Å². The van der Waals surface area contributed by atoms with Crippen LogP contribution < -0.4 is 9.47 Å². The highest BCUT2D eigenvalue weighted by molar-refractivity contribution is 7.89. The third-order valence-electron chi connectivity index (χ3n) is 3.83. The molecule has 1 aromatic rings. The number of sulfonamides is 1. The lowest BCUT2D eigenvalue weighted by Gasteiger charge is -2.36. The van der Waals surface area contributed by atoms with Crippen LogP contribution in [0, 0.1) is 0 Å². The number of hydrogen-bond donors (Lipinski definition) is 0. The van der Waals surface area contributed by atoms with Gasteiger partial charge in [0.05, 0.1) is 20.8 Å². The van der Waals surface area contributed by atoms with Crippen LogP contribution in [-0.2, 0) is 14.8 Å². The SMILES string of the molecule is COc1ccc(OC)c(S(=O)(=O)N2CCN(C(C)C)C(=O)C2)c1. The van der Waals surface area contributed by atoms with E-state index in [1.165, 1.54) is 30.7 Å². The zero-order chi connectivity index (χ0) is 17.2. The van der Waals surface area contributed by atoms with E-state index < -0.39 is 10.0 Å². The van der Waals surface area contributed by atoms with Crippen LogP contribution in [0.25, 0.3) is 0 Å². The monoisotopic (exact) mass is 342 g/mol. The summed E-state index contributed by atoms with van der Waals surface area (Å²) in [6, 6.07) is 4.63. The number of piperazine rings is 1. The number of nitrogens with zero attached hydrogens (tertiary/aromatic N) is 2. The minimum Gasteiger partial charge on any atom is -0.497 e. The van der Waals surface area contributed by atoms with Crippen LogP contribution in [0.2, 0.25) is 0 Å². The van der Waals surface area contributed by atoms with Crippen LogP contribution >= 0.6 is 0 Å². The first kappa shape index (κ1) is 17.6. The van der Waals surface area contributed by atoms with Gasteiger partial charge in [-0.2, -0.15) is 4.31 Å². The third-order valence-corrected chi connectivity index (χ3v) is 5.70. The molecule has 0 atom stereocenters. The Morgan fingerprint density at radius 2 is 1.83 bits per heavy atom. The lowest BCUT2D eigenvalue weighted by molar-refractivity contribution is -0.135. The molecule has 1 fully saturated rings. The van der Waals surface area contributed by atoms with Gasteiger partial charge in [0.25, 0.3) is 0 Å². The number of carbonyl (C=O) groups excluding carboxylic acids is 1. The second-order valence-electron chi connectivity index (χ2n) is 5.54. The first-order valence-electron chi connectivity index (χ1n) is 7.33. The van der Waals surface area contributed by atoms with Crippen molar-refractivity contribution in [2.45, 2.75) is 24.8 Å². The molecule has 0 saturated carbocycles. The molecule has 128 valence electrons. The van der Waals surface area contributed by atoms with Crippen molar-refractivity contribution in [3.8, 4) is 11.5 Å². The molecule has 0 unspecified atom stereocenters. The Hall–Kier alpha value is -1.80. The molecule has 8 heteroatoms. The standard InChI is InChI=1S/C15H22N2O5S/c1-11(2)17-8-7-16(10-15(17)18)23(19,20)14-9-12(21-3)5-6-13(14)22-4/h5-6,9,11H,7-8,10H2,1-4H3. The fourth-order valence-corrected chi connectivity index (χ4v) is 4.09. The highest BCUT2D eigenvalue weighted by atomic mass is 32.2. The van der Waals surface area contributed by atoms with Gasteiger partial charge in [-0.05, 0) is 26.0 Å². The maximum Gasteiger partial charge on any atom is 0.247 e. The maximum absolute atomic E-state index is 12.9. The summed E-state index contributed by atoms with van der Waals surface area (Å²) in [7, 11) is -0.972. The normalized spacial score (nSPS) is 16.7. The molecule has 7 nitrogen and oxygen atoms in total. The second-order valence-corrected chi connectivity index (χ2v) is 7.44. The molecular weight excluding hydrogens is 320 g/mol. The topological polar surface area (TPSA) is 76.2 Å². The van der Waals surface area contributed by atoms with Gasteiger partial charge in [0.1, 0.15) is 16.4 Å². The summed E-state index contributed by atoms with van der Waals surface area (Å²) < 4.78 is 37.2. The van der Waals surface area contributed by atoms with Crippen molar-refractivity contribution in [1.29, 1.82) is 0 Å². The molecule has 0 radical (unpaired) electrons. The van der Waals surface area contributed by atoms with Gasteiger partial charge < -0.3 is 14.4 Å². The number of rotatable bonds is 5. The average Bonchev–Trinajstić information content (AvgIpc) is 2.53. The molecular formula is C15H22N2O5S. The number of hydrogen-bond acceptors (Lipinski definition) is 5. The van der Waals surface area contributed by atoms with E-state index in [9.17, 15) is 13.2 Å². The Morgan fingerprint density at radius 3 is 2.35 bits per heavy atom. The number of benzene rings is 1. The highest BCUT2D eigenvalue weighted by Crippen LogP contribution is 2.31. The number of carbonyl (C=O) groups is 1. The number of ether oxygens (including phenoxy) is 2. The number of methoxy groups -OCH3 is 2. The summed E-state index contributed by atoms with van der Waals surface area (Å²) in [6.07, 6.45) is 0. The van der Waals surface area contributed by atoms with Gasteiger partial charge in [0, 0.05) is 25.2 Å². The van der Waals surface area contributed by atoms with Gasteiger partial charge in [0.2, 0.25) is 15.9 Å². The van der Waals surface area contributed by atoms with Gasteiger partial charge in [-0.1, -0.05) is 0 Å². The average molecular weight is 342 g/mol. The van der Waals surface area contributed by atoms with E-state index in [4.69, 9.17) is 9.47 Å². The quantitative estimate of drug-likeness (QED) is 0.796. The summed E-state index contributed by atoms with van der Waals surface area (Å²) >= 11 is 0. The molecule has 0 spiro atoms. The fraction of sp³-hybridized carbons (Fsp3) is 0.533. The Morgan fingerprint density at radius 1 is 1.13 bits per heavy atom. The van der Waals surface area contributed by atoms with Gasteiger partial charge >= 0.3 is 0 Å². The lowest BCUT2D eigenvalue weighted by atomic mass is 10.2. The number of amides is 1. The van der Waals surface area contributed by atoms with Gasteiger partial charge in [-0.25, -0.2) is 8.42 Å². The summed E-state index contributed by atoms with van der Waals surface area (Å²) in [6.45, 7) is 4.29. The van der Waals surface area contributed by atoms with Gasteiger partial charge in [0.15, 0.2) is 0 Å². The van der Waals surface area contributed by atoms with E-state index in [2.05, 4.69) is 0 Å². The molecule has 1 amide bonds. The minimum atomic E-state index is -3.84. The molecule has 0 N–H and O–H groups in total. The van der Waals surface area contributed by atoms with Crippen molar-refractivity contribution in [3.05, 3.63) is 18.2 Å². The third kappa shape index (κ3) is 3.42. The van der Waals surface area contributed by atoms with E-state index in [1.54, 1.807) is 11.0 Å². The molecule has 1 saturated heterocycles. The van der Waals surface area contributed by atoms with Crippen LogP contribution in [0.4, 0.5) is 0 Å². The van der Waals surface area contributed by atoms with Crippen LogP contribution in [0.15, 0.2) is 23.1 Å². The predicted molar refractivity (Wildman–Crippen MR) is 85.2 cm³/mol. The van der Waals surface area contributed by atoms with Crippen molar-refractivity contribution in [2.75, 3.05) is 33.9 Å². The molecule has 1 aliphatic rings. The van der Waals surface area contributed by atoms with E-state index >= 15 is 0 Å². The summed E-state index contributed by atoms with van der Waals surface area (Å²) in [5.41, 5.74) is 0. The Labute approximate surface area is 136 Å². The van der Waals surface area contributed by atoms with Crippen LogP contribution in [0.5, 0.6) is 11.5 Å². The Kier molecular flexibility index (Phi) is 5.16. The maximum atomic E-state index is 12.9. The predicted octanol–water partition coefficient (Wildman–Crippen LogP) is 0.945. The summed E-state index contributed by atoms with van der Waals surface area (Å²) in [5.74, 6) is 0.442. The first-order valence-corrected chi connectivity index (χ1v) is 8.77. The smallest absolute Gasteiger partial charge is 0.247 e. The second kappa shape index (κ2) is 6.76. The molecule has 1 heterocycles. The Balaban J connectivity index is 2.34. The highest BCUT2D eigenvalue weighted by Gasteiger charge is 2.35. The molecule has 1 aliphatic heterocycles. The summed E-state index contributed by atoms with van der Waals surface area (Å²) in [5, 5.41) is 0. The van der Waals surface area contributed by atoms with E-state index in [1.807, 2.05) is 13.8 Å². The zero-order valence-corrected chi connectivity index (χ0v) is 14.6. The van der Waals surface area contributed by atoms with Gasteiger partial charge in [-0.3, -0.25) is 4.79 Å². The van der Waals surface area contributed by atoms with Crippen LogP contribution in [0.3, 0.4) is 0 Å². The van der Waals surface area contributed by atoms with Crippen molar-refractivity contribution in [1.82, 2.24) is 9.21 Å². The van der Waals surface area contributed by atoms with Crippen molar-refractivity contribution >= 4 is 15.9 Å². The van der Waals surface area contributed by atoms with Gasteiger partial charge in [-0.15, -0.1) is 0 Å². The molecule has 2 rings (SSSR count). The molecule has 1 aromatic carbocycles. The largest absolute Gasteiger partial charge is 0.497 e. The fourth-order valence-electron chi connectivity index (χ4n) is 2.54. The lowest BCUT2D eigenvalue weighted by Crippen LogP contribution is -2.54. The zero-order valence-electron chi connectivity index (χ0n) is 13.8.